The van der Waals surface area contributed by atoms with Crippen LogP contribution in [0.5, 0.6) is 0 Å². The highest BCUT2D eigenvalue weighted by molar-refractivity contribution is 6.17. The molecule has 6 unspecified atom stereocenters. The molecule has 0 spiro atoms. The maximum atomic E-state index is 5.85. The maximum absolute atomic E-state index is 5.85. The van der Waals surface area contributed by atoms with Crippen LogP contribution in [0.2, 0.25) is 0 Å². The second kappa shape index (κ2) is 19.6. The molecule has 0 radical (unpaired) electrons. The predicted octanol–water partition coefficient (Wildman–Crippen LogP) is 9.74. The Kier molecular flexibility index (Phi) is 18.1. The molecule has 0 fully saturated rings. The van der Waals surface area contributed by atoms with Gasteiger partial charge in [-0.2, -0.15) is 0 Å². The number of rotatable bonds is 21. The van der Waals surface area contributed by atoms with Gasteiger partial charge in [-0.3, -0.25) is 0 Å². The molecule has 1 aromatic carbocycles. The number of halogens is 1. The third-order valence-corrected chi connectivity index (χ3v) is 7.39. The fraction of sp³-hybridized carbons (Fsp3) is 0.806. The second-order valence-electron chi connectivity index (χ2n) is 11.6. The minimum absolute atomic E-state index is 0.389. The third kappa shape index (κ3) is 17.0. The lowest BCUT2D eigenvalue weighted by Crippen LogP contribution is -2.13. The SMILES string of the molecule is CC(CCCCl)CC(C)CC(C)CC(C)CC(C)CC(C)CCCOCOCc1ccccc1. The summed E-state index contributed by atoms with van der Waals surface area (Å²) in [5.41, 5.74) is 1.19. The van der Waals surface area contributed by atoms with Crippen LogP contribution in [0.4, 0.5) is 0 Å². The zero-order valence-electron chi connectivity index (χ0n) is 23.2. The summed E-state index contributed by atoms with van der Waals surface area (Å²) < 4.78 is 11.3. The molecule has 0 aliphatic carbocycles. The highest BCUT2D eigenvalue weighted by Crippen LogP contribution is 2.29. The van der Waals surface area contributed by atoms with Crippen molar-refractivity contribution >= 4 is 11.6 Å². The van der Waals surface area contributed by atoms with Crippen molar-refractivity contribution in [3.63, 3.8) is 0 Å². The molecule has 198 valence electrons. The van der Waals surface area contributed by atoms with E-state index in [0.29, 0.717) is 13.4 Å². The maximum Gasteiger partial charge on any atom is 0.147 e. The lowest BCUT2D eigenvalue weighted by Gasteiger charge is -2.25. The van der Waals surface area contributed by atoms with Gasteiger partial charge in [0.1, 0.15) is 6.79 Å². The minimum Gasteiger partial charge on any atom is -0.355 e. The van der Waals surface area contributed by atoms with Gasteiger partial charge >= 0.3 is 0 Å². The summed E-state index contributed by atoms with van der Waals surface area (Å²) in [5, 5.41) is 0. The summed E-state index contributed by atoms with van der Waals surface area (Å²) >= 11 is 5.85. The van der Waals surface area contributed by atoms with Crippen LogP contribution in [0.15, 0.2) is 30.3 Å². The molecule has 0 amide bonds. The van der Waals surface area contributed by atoms with Crippen LogP contribution in [0.25, 0.3) is 0 Å². The van der Waals surface area contributed by atoms with Crippen molar-refractivity contribution in [1.82, 2.24) is 0 Å². The molecule has 2 nitrogen and oxygen atoms in total. The van der Waals surface area contributed by atoms with Crippen molar-refractivity contribution in [2.75, 3.05) is 19.3 Å². The van der Waals surface area contributed by atoms with E-state index in [1.165, 1.54) is 50.5 Å². The van der Waals surface area contributed by atoms with E-state index >= 15 is 0 Å². The summed E-state index contributed by atoms with van der Waals surface area (Å²) in [6.45, 7) is 16.4. The molecule has 0 N–H and O–H groups in total. The summed E-state index contributed by atoms with van der Waals surface area (Å²) in [4.78, 5) is 0. The van der Waals surface area contributed by atoms with Crippen LogP contribution in [0.1, 0.15) is 105 Å². The van der Waals surface area contributed by atoms with E-state index in [-0.39, 0.29) is 0 Å². The summed E-state index contributed by atoms with van der Waals surface area (Å²) in [5.74, 6) is 5.67. The van der Waals surface area contributed by atoms with Crippen LogP contribution in [0.3, 0.4) is 0 Å². The number of hydrogen-bond acceptors (Lipinski definition) is 2. The van der Waals surface area contributed by atoms with E-state index in [2.05, 4.69) is 53.7 Å². The number of alkyl halides is 1. The van der Waals surface area contributed by atoms with Crippen molar-refractivity contribution in [1.29, 1.82) is 0 Å². The second-order valence-corrected chi connectivity index (χ2v) is 12.0. The molecule has 6 atom stereocenters. The van der Waals surface area contributed by atoms with Crippen LogP contribution in [-0.4, -0.2) is 19.3 Å². The van der Waals surface area contributed by atoms with E-state index in [1.54, 1.807) is 0 Å². The molecule has 0 saturated heterocycles. The van der Waals surface area contributed by atoms with Crippen molar-refractivity contribution in [2.24, 2.45) is 35.5 Å². The Bertz CT molecular complexity index is 578. The first kappa shape index (κ1) is 31.5. The fourth-order valence-electron chi connectivity index (χ4n) is 5.87. The largest absolute Gasteiger partial charge is 0.355 e. The van der Waals surface area contributed by atoms with Crippen molar-refractivity contribution in [2.45, 2.75) is 106 Å². The Balaban J connectivity index is 2.07. The van der Waals surface area contributed by atoms with E-state index in [9.17, 15) is 0 Å². The van der Waals surface area contributed by atoms with E-state index in [0.717, 1.165) is 60.8 Å². The standard InChI is InChI=1S/C31H55ClO2/c1-25(12-10-16-32)18-27(3)20-29(5)22-30(6)21-28(4)19-26(2)13-11-17-33-24-34-23-31-14-8-7-9-15-31/h7-9,14-15,25-30H,10-13,16-24H2,1-6H3. The van der Waals surface area contributed by atoms with Gasteiger partial charge in [-0.1, -0.05) is 71.9 Å². The van der Waals surface area contributed by atoms with E-state index < -0.39 is 0 Å². The van der Waals surface area contributed by atoms with Crippen molar-refractivity contribution < 1.29 is 9.47 Å². The molecule has 0 heterocycles. The van der Waals surface area contributed by atoms with E-state index in [4.69, 9.17) is 21.1 Å². The lowest BCUT2D eigenvalue weighted by atomic mass is 9.81. The third-order valence-electron chi connectivity index (χ3n) is 7.12. The van der Waals surface area contributed by atoms with Gasteiger partial charge in [-0.15, -0.1) is 11.6 Å². The zero-order valence-corrected chi connectivity index (χ0v) is 24.0. The first-order valence-electron chi connectivity index (χ1n) is 14.0. The fourth-order valence-corrected chi connectivity index (χ4v) is 6.02. The molecular weight excluding hydrogens is 440 g/mol. The minimum atomic E-state index is 0.389. The highest BCUT2D eigenvalue weighted by atomic mass is 35.5. The molecular formula is C31H55ClO2. The molecule has 0 saturated carbocycles. The van der Waals surface area contributed by atoms with E-state index in [1.807, 2.05) is 18.2 Å². The Morgan fingerprint density at radius 3 is 1.59 bits per heavy atom. The molecule has 0 aromatic heterocycles. The Morgan fingerprint density at radius 2 is 1.09 bits per heavy atom. The van der Waals surface area contributed by atoms with Crippen LogP contribution >= 0.6 is 11.6 Å². The first-order valence-corrected chi connectivity index (χ1v) is 14.6. The summed E-state index contributed by atoms with van der Waals surface area (Å²) in [6, 6.07) is 10.3. The van der Waals surface area contributed by atoms with Gasteiger partial charge in [0, 0.05) is 12.5 Å². The quantitative estimate of drug-likeness (QED) is 0.0961. The Morgan fingerprint density at radius 1 is 0.618 bits per heavy atom. The first-order chi connectivity index (χ1) is 16.3. The molecule has 0 aliphatic heterocycles. The van der Waals surface area contributed by atoms with Gasteiger partial charge in [0.15, 0.2) is 0 Å². The average Bonchev–Trinajstić information content (AvgIpc) is 2.77. The van der Waals surface area contributed by atoms with Gasteiger partial charge < -0.3 is 9.47 Å². The summed E-state index contributed by atoms with van der Waals surface area (Å²) in [6.07, 6.45) is 11.6. The number of ether oxygens (including phenoxy) is 2. The van der Waals surface area contributed by atoms with Crippen LogP contribution in [-0.2, 0) is 16.1 Å². The molecule has 1 rings (SSSR count). The van der Waals surface area contributed by atoms with Gasteiger partial charge in [0.05, 0.1) is 6.61 Å². The number of hydrogen-bond donors (Lipinski definition) is 0. The smallest absolute Gasteiger partial charge is 0.147 e. The van der Waals surface area contributed by atoms with Crippen LogP contribution < -0.4 is 0 Å². The number of benzene rings is 1. The molecule has 0 aliphatic rings. The van der Waals surface area contributed by atoms with Gasteiger partial charge in [0.2, 0.25) is 0 Å². The monoisotopic (exact) mass is 494 g/mol. The van der Waals surface area contributed by atoms with Crippen molar-refractivity contribution in [3.05, 3.63) is 35.9 Å². The summed E-state index contributed by atoms with van der Waals surface area (Å²) in [7, 11) is 0. The molecule has 3 heteroatoms. The normalized spacial score (nSPS) is 17.1. The molecule has 34 heavy (non-hydrogen) atoms. The van der Waals surface area contributed by atoms with Crippen LogP contribution in [0, 0.1) is 35.5 Å². The lowest BCUT2D eigenvalue weighted by molar-refractivity contribution is -0.0628. The zero-order chi connectivity index (χ0) is 25.2. The average molecular weight is 495 g/mol. The highest BCUT2D eigenvalue weighted by Gasteiger charge is 2.17. The topological polar surface area (TPSA) is 18.5 Å². The Hall–Kier alpha value is -0.570. The van der Waals surface area contributed by atoms with Gasteiger partial charge in [0.25, 0.3) is 0 Å². The van der Waals surface area contributed by atoms with Crippen molar-refractivity contribution in [3.8, 4) is 0 Å². The van der Waals surface area contributed by atoms with Gasteiger partial charge in [-0.25, -0.2) is 0 Å². The van der Waals surface area contributed by atoms with Gasteiger partial charge in [-0.05, 0) is 98.9 Å². The molecule has 1 aromatic rings. The predicted molar refractivity (Wildman–Crippen MR) is 149 cm³/mol. The Labute approximate surface area is 217 Å². The molecule has 0 bridgehead atoms.